The summed E-state index contributed by atoms with van der Waals surface area (Å²) in [5.41, 5.74) is 3.79. The third-order valence-corrected chi connectivity index (χ3v) is 9.54. The minimum atomic E-state index is 0.0899. The average Bonchev–Trinajstić information content (AvgIpc) is 3.58. The molecule has 0 spiro atoms. The van der Waals surface area contributed by atoms with Gasteiger partial charge in [-0.15, -0.1) is 0 Å². The molecule has 2 amide bonds. The number of hydrogen-bond acceptors (Lipinski definition) is 5. The topological polar surface area (TPSA) is 69.6 Å². The van der Waals surface area contributed by atoms with Crippen molar-refractivity contribution in [1.82, 2.24) is 24.7 Å². The average molecular weight is 502 g/mol. The van der Waals surface area contributed by atoms with E-state index in [-0.39, 0.29) is 11.3 Å². The number of carbonyl (C=O) groups is 2. The van der Waals surface area contributed by atoms with Gasteiger partial charge < -0.3 is 14.7 Å². The molecular formula is C30H39N5O2. The number of fused-ring (bicyclic) bond motifs is 1. The van der Waals surface area contributed by atoms with E-state index >= 15 is 0 Å². The fourth-order valence-corrected chi connectivity index (χ4v) is 7.09. The lowest BCUT2D eigenvalue weighted by Crippen LogP contribution is -2.47. The first-order valence-corrected chi connectivity index (χ1v) is 14.1. The molecule has 4 heterocycles. The minimum absolute atomic E-state index is 0.0899. The Balaban J connectivity index is 1.07. The molecule has 3 saturated heterocycles. The standard InChI is InChI=1S/C30H39N5O2/c1-21-27(22(2)32-20-31-21)29(37)35-18-24-16-33(17-25(24)19-35)13-10-30(26-6-4-3-5-7-26)11-14-34(15-12-30)28(36)23-8-9-23/h3-7,20,23-25H,8-19H2,1-2H3. The second kappa shape index (κ2) is 9.82. The lowest BCUT2D eigenvalue weighted by atomic mass is 9.70. The van der Waals surface area contributed by atoms with Crippen molar-refractivity contribution in [3.05, 3.63) is 59.2 Å². The Hall–Kier alpha value is -2.80. The number of rotatable bonds is 6. The number of benzene rings is 1. The van der Waals surface area contributed by atoms with Crippen LogP contribution >= 0.6 is 0 Å². The number of nitrogens with zero attached hydrogens (tertiary/aromatic N) is 5. The van der Waals surface area contributed by atoms with Crippen LogP contribution in [0.5, 0.6) is 0 Å². The molecule has 1 aromatic heterocycles. The molecule has 0 radical (unpaired) electrons. The van der Waals surface area contributed by atoms with Crippen molar-refractivity contribution in [2.24, 2.45) is 17.8 Å². The van der Waals surface area contributed by atoms with E-state index in [2.05, 4.69) is 50.1 Å². The Morgan fingerprint density at radius 1 is 0.892 bits per heavy atom. The highest BCUT2D eigenvalue weighted by Crippen LogP contribution is 2.41. The molecule has 1 aliphatic carbocycles. The lowest BCUT2D eigenvalue weighted by molar-refractivity contribution is -0.134. The number of amides is 2. The first-order chi connectivity index (χ1) is 17.9. The number of aryl methyl sites for hydroxylation is 2. The van der Waals surface area contributed by atoms with Crippen LogP contribution in [0, 0.1) is 31.6 Å². The van der Waals surface area contributed by atoms with Crippen LogP contribution in [0.3, 0.4) is 0 Å². The summed E-state index contributed by atoms with van der Waals surface area (Å²) in [6.45, 7) is 10.4. The molecule has 2 atom stereocenters. The van der Waals surface area contributed by atoms with E-state index in [1.165, 1.54) is 11.9 Å². The lowest BCUT2D eigenvalue weighted by Gasteiger charge is -2.43. The summed E-state index contributed by atoms with van der Waals surface area (Å²) in [7, 11) is 0. The largest absolute Gasteiger partial charge is 0.342 e. The maximum Gasteiger partial charge on any atom is 0.257 e. The van der Waals surface area contributed by atoms with Gasteiger partial charge in [-0.1, -0.05) is 30.3 Å². The highest BCUT2D eigenvalue weighted by Gasteiger charge is 2.44. The van der Waals surface area contributed by atoms with Crippen molar-refractivity contribution < 1.29 is 9.59 Å². The van der Waals surface area contributed by atoms with Gasteiger partial charge in [0.2, 0.25) is 5.91 Å². The summed E-state index contributed by atoms with van der Waals surface area (Å²) >= 11 is 0. The Labute approximate surface area is 220 Å². The van der Waals surface area contributed by atoms with Gasteiger partial charge in [0, 0.05) is 45.2 Å². The van der Waals surface area contributed by atoms with Gasteiger partial charge in [-0.3, -0.25) is 9.59 Å². The van der Waals surface area contributed by atoms with Gasteiger partial charge in [-0.05, 0) is 75.3 Å². The zero-order valence-corrected chi connectivity index (χ0v) is 22.2. The molecule has 3 aliphatic heterocycles. The van der Waals surface area contributed by atoms with Gasteiger partial charge in [0.05, 0.1) is 17.0 Å². The van der Waals surface area contributed by atoms with Gasteiger partial charge in [-0.25, -0.2) is 9.97 Å². The summed E-state index contributed by atoms with van der Waals surface area (Å²) in [5.74, 6) is 1.87. The second-order valence-corrected chi connectivity index (χ2v) is 11.9. The SMILES string of the molecule is Cc1ncnc(C)c1C(=O)N1CC2CN(CCC3(c4ccccc4)CCN(C(=O)C4CC4)CC3)CC2C1. The second-order valence-electron chi connectivity index (χ2n) is 11.9. The van der Waals surface area contributed by atoms with Gasteiger partial charge >= 0.3 is 0 Å². The number of carbonyl (C=O) groups excluding carboxylic acids is 2. The van der Waals surface area contributed by atoms with E-state index in [0.717, 1.165) is 89.3 Å². The molecule has 7 heteroatoms. The number of likely N-dealkylation sites (tertiary alicyclic amines) is 3. The molecule has 4 fully saturated rings. The fourth-order valence-electron chi connectivity index (χ4n) is 7.09. The number of aromatic nitrogens is 2. The molecule has 0 bridgehead atoms. The highest BCUT2D eigenvalue weighted by atomic mass is 16.2. The van der Waals surface area contributed by atoms with E-state index in [4.69, 9.17) is 0 Å². The van der Waals surface area contributed by atoms with Crippen molar-refractivity contribution in [2.75, 3.05) is 45.8 Å². The first-order valence-electron chi connectivity index (χ1n) is 14.1. The van der Waals surface area contributed by atoms with Crippen LogP contribution in [0.4, 0.5) is 0 Å². The van der Waals surface area contributed by atoms with E-state index in [1.54, 1.807) is 0 Å². The van der Waals surface area contributed by atoms with Crippen LogP contribution in [0.15, 0.2) is 36.7 Å². The molecule has 196 valence electrons. The van der Waals surface area contributed by atoms with Gasteiger partial charge in [0.1, 0.15) is 6.33 Å². The molecule has 2 unspecified atom stereocenters. The first kappa shape index (κ1) is 24.5. The smallest absolute Gasteiger partial charge is 0.257 e. The van der Waals surface area contributed by atoms with Crippen molar-refractivity contribution >= 4 is 11.8 Å². The third kappa shape index (κ3) is 4.78. The van der Waals surface area contributed by atoms with Crippen molar-refractivity contribution in [3.8, 4) is 0 Å². The maximum atomic E-state index is 13.3. The van der Waals surface area contributed by atoms with E-state index in [9.17, 15) is 9.59 Å². The van der Waals surface area contributed by atoms with Crippen LogP contribution in [-0.4, -0.2) is 82.3 Å². The molecular weight excluding hydrogens is 462 g/mol. The Kier molecular flexibility index (Phi) is 6.51. The quantitative estimate of drug-likeness (QED) is 0.606. The Bertz CT molecular complexity index is 1120. The predicted octanol–water partition coefficient (Wildman–Crippen LogP) is 3.46. The van der Waals surface area contributed by atoms with Crippen LogP contribution in [-0.2, 0) is 10.2 Å². The third-order valence-electron chi connectivity index (χ3n) is 9.54. The number of piperidine rings is 1. The highest BCUT2D eigenvalue weighted by molar-refractivity contribution is 5.96. The van der Waals surface area contributed by atoms with E-state index in [0.29, 0.717) is 29.2 Å². The molecule has 1 saturated carbocycles. The molecule has 0 N–H and O–H groups in total. The summed E-state index contributed by atoms with van der Waals surface area (Å²) in [5, 5.41) is 0. The molecule has 4 aliphatic rings. The fraction of sp³-hybridized carbons (Fsp3) is 0.600. The molecule has 6 rings (SSSR count). The van der Waals surface area contributed by atoms with Crippen molar-refractivity contribution in [1.29, 1.82) is 0 Å². The van der Waals surface area contributed by atoms with E-state index in [1.807, 2.05) is 18.7 Å². The van der Waals surface area contributed by atoms with Crippen molar-refractivity contribution in [2.45, 2.75) is 51.4 Å². The molecule has 7 nitrogen and oxygen atoms in total. The zero-order valence-electron chi connectivity index (χ0n) is 22.2. The number of hydrogen-bond donors (Lipinski definition) is 0. The normalized spacial score (nSPS) is 25.4. The van der Waals surface area contributed by atoms with Gasteiger partial charge in [-0.2, -0.15) is 0 Å². The Morgan fingerprint density at radius 2 is 1.51 bits per heavy atom. The monoisotopic (exact) mass is 501 g/mol. The predicted molar refractivity (Wildman–Crippen MR) is 142 cm³/mol. The summed E-state index contributed by atoms with van der Waals surface area (Å²) < 4.78 is 0. The van der Waals surface area contributed by atoms with Crippen LogP contribution in [0.1, 0.15) is 59.4 Å². The summed E-state index contributed by atoms with van der Waals surface area (Å²) in [4.78, 5) is 41.2. The van der Waals surface area contributed by atoms with E-state index < -0.39 is 0 Å². The zero-order chi connectivity index (χ0) is 25.6. The molecule has 2 aromatic rings. The Morgan fingerprint density at radius 3 is 2.11 bits per heavy atom. The summed E-state index contributed by atoms with van der Waals surface area (Å²) in [6.07, 6.45) is 6.93. The van der Waals surface area contributed by atoms with Crippen LogP contribution < -0.4 is 0 Å². The van der Waals surface area contributed by atoms with Gasteiger partial charge in [0.25, 0.3) is 5.91 Å². The molecule has 1 aromatic carbocycles. The summed E-state index contributed by atoms with van der Waals surface area (Å²) in [6, 6.07) is 11.0. The minimum Gasteiger partial charge on any atom is -0.342 e. The van der Waals surface area contributed by atoms with Gasteiger partial charge in [0.15, 0.2) is 0 Å². The van der Waals surface area contributed by atoms with Crippen LogP contribution in [0.25, 0.3) is 0 Å². The molecule has 37 heavy (non-hydrogen) atoms. The maximum absolute atomic E-state index is 13.3. The van der Waals surface area contributed by atoms with Crippen molar-refractivity contribution in [3.63, 3.8) is 0 Å². The van der Waals surface area contributed by atoms with Crippen LogP contribution in [0.2, 0.25) is 0 Å².